The average Bonchev–Trinajstić information content (AvgIpc) is 3.15. The molecule has 2 N–H and O–H groups in total. The zero-order valence-corrected chi connectivity index (χ0v) is 16.6. The lowest BCUT2D eigenvalue weighted by Crippen LogP contribution is -2.36. The lowest BCUT2D eigenvalue weighted by atomic mass is 9.95. The van der Waals surface area contributed by atoms with Crippen molar-refractivity contribution in [3.8, 4) is 0 Å². The van der Waals surface area contributed by atoms with Crippen molar-refractivity contribution in [1.29, 1.82) is 0 Å². The number of allylic oxidation sites excluding steroid dienone is 3. The number of nitrogens with one attached hydrogen (secondary N) is 2. The maximum atomic E-state index is 13.9. The van der Waals surface area contributed by atoms with E-state index in [1.54, 1.807) is 0 Å². The molecule has 2 fully saturated rings. The summed E-state index contributed by atoms with van der Waals surface area (Å²) in [4.78, 5) is 2.24. The van der Waals surface area contributed by atoms with Gasteiger partial charge in [-0.25, -0.2) is 8.78 Å². The number of rotatable bonds is 4. The van der Waals surface area contributed by atoms with Gasteiger partial charge in [-0.3, -0.25) is 0 Å². The SMILES string of the molecule is C=C1C=C2C(=C)CC[C@H]3CNC(C3)CN2C=C1C(=C)NCc1ccc(F)cc1F. The second-order valence-electron chi connectivity index (χ2n) is 8.17. The maximum Gasteiger partial charge on any atom is 0.131 e. The number of benzene rings is 1. The van der Waals surface area contributed by atoms with Gasteiger partial charge in [0, 0.05) is 53.9 Å². The van der Waals surface area contributed by atoms with Crippen molar-refractivity contribution < 1.29 is 8.78 Å². The van der Waals surface area contributed by atoms with Gasteiger partial charge in [0.25, 0.3) is 0 Å². The highest BCUT2D eigenvalue weighted by Gasteiger charge is 2.30. The molecule has 0 aliphatic carbocycles. The second-order valence-corrected chi connectivity index (χ2v) is 8.17. The van der Waals surface area contributed by atoms with Gasteiger partial charge in [-0.15, -0.1) is 0 Å². The van der Waals surface area contributed by atoms with Crippen molar-refractivity contribution in [3.05, 3.63) is 95.5 Å². The molecule has 3 aliphatic heterocycles. The molecule has 2 saturated heterocycles. The molecule has 0 saturated carbocycles. The van der Waals surface area contributed by atoms with Gasteiger partial charge in [0.1, 0.15) is 11.6 Å². The van der Waals surface area contributed by atoms with Crippen LogP contribution in [0, 0.1) is 17.6 Å². The Hall–Kier alpha value is -2.66. The monoisotopic (exact) mass is 395 g/mol. The Morgan fingerprint density at radius 2 is 2.10 bits per heavy atom. The van der Waals surface area contributed by atoms with Crippen molar-refractivity contribution in [2.24, 2.45) is 5.92 Å². The first kappa shape index (κ1) is 19.6. The quantitative estimate of drug-likeness (QED) is 0.784. The van der Waals surface area contributed by atoms with Crippen LogP contribution in [0.15, 0.2) is 78.3 Å². The van der Waals surface area contributed by atoms with E-state index in [4.69, 9.17) is 0 Å². The van der Waals surface area contributed by atoms with Crippen LogP contribution >= 0.6 is 0 Å². The van der Waals surface area contributed by atoms with Crippen LogP contribution in [0.25, 0.3) is 0 Å². The molecule has 3 nitrogen and oxygen atoms in total. The molecule has 2 atom stereocenters. The number of nitrogens with zero attached hydrogens (tertiary/aromatic N) is 1. The van der Waals surface area contributed by atoms with E-state index in [1.165, 1.54) is 18.6 Å². The maximum absolute atomic E-state index is 13.9. The van der Waals surface area contributed by atoms with E-state index in [-0.39, 0.29) is 6.54 Å². The van der Waals surface area contributed by atoms with Crippen LogP contribution in [0.4, 0.5) is 8.78 Å². The molecule has 152 valence electrons. The highest BCUT2D eigenvalue weighted by molar-refractivity contribution is 5.55. The van der Waals surface area contributed by atoms with Crippen LogP contribution in [0.3, 0.4) is 0 Å². The highest BCUT2D eigenvalue weighted by atomic mass is 19.1. The molecule has 0 spiro atoms. The molecule has 1 unspecified atom stereocenters. The third-order valence-electron chi connectivity index (χ3n) is 6.03. The molecule has 4 rings (SSSR count). The topological polar surface area (TPSA) is 27.3 Å². The largest absolute Gasteiger partial charge is 0.381 e. The van der Waals surface area contributed by atoms with Crippen LogP contribution in [0.5, 0.6) is 0 Å². The van der Waals surface area contributed by atoms with Crippen molar-refractivity contribution in [2.45, 2.75) is 31.8 Å². The predicted molar refractivity (Wildman–Crippen MR) is 113 cm³/mol. The summed E-state index contributed by atoms with van der Waals surface area (Å²) in [7, 11) is 0. The first-order valence-electron chi connectivity index (χ1n) is 10.1. The lowest BCUT2D eigenvalue weighted by Gasteiger charge is -2.33. The molecule has 1 aromatic carbocycles. The van der Waals surface area contributed by atoms with Gasteiger partial charge < -0.3 is 15.5 Å². The van der Waals surface area contributed by atoms with Gasteiger partial charge in [0.2, 0.25) is 0 Å². The summed E-state index contributed by atoms with van der Waals surface area (Å²) < 4.78 is 27.0. The van der Waals surface area contributed by atoms with Gasteiger partial charge in [0.15, 0.2) is 0 Å². The Kier molecular flexibility index (Phi) is 5.41. The van der Waals surface area contributed by atoms with Crippen molar-refractivity contribution in [1.82, 2.24) is 15.5 Å². The third-order valence-corrected chi connectivity index (χ3v) is 6.03. The minimum Gasteiger partial charge on any atom is -0.381 e. The Labute approximate surface area is 171 Å². The molecular weight excluding hydrogens is 368 g/mol. The zero-order chi connectivity index (χ0) is 20.5. The lowest BCUT2D eigenvalue weighted by molar-refractivity contribution is 0.398. The van der Waals surface area contributed by atoms with Crippen LogP contribution in [-0.4, -0.2) is 24.0 Å². The number of fused-ring (bicyclic) bond motifs is 3. The Morgan fingerprint density at radius 1 is 1.28 bits per heavy atom. The van der Waals surface area contributed by atoms with E-state index in [0.717, 1.165) is 54.4 Å². The third kappa shape index (κ3) is 4.20. The van der Waals surface area contributed by atoms with Crippen LogP contribution in [0.1, 0.15) is 24.8 Å². The van der Waals surface area contributed by atoms with E-state index < -0.39 is 11.6 Å². The standard InChI is InChI=1S/C24H27F2N3/c1-15-4-5-18-9-21(28-11-18)13-29-14-22(16(2)8-24(15)29)17(3)27-12-19-6-7-20(25)10-23(19)26/h6-8,10,14,18,21,27-28H,1-5,9,11-13H2/t18-,21?/m1/s1. The summed E-state index contributed by atoms with van der Waals surface area (Å²) in [5.41, 5.74) is 5.05. The first-order valence-corrected chi connectivity index (χ1v) is 10.1. The Balaban J connectivity index is 1.51. The van der Waals surface area contributed by atoms with E-state index >= 15 is 0 Å². The summed E-state index contributed by atoms with van der Waals surface area (Å²) in [5, 5.41) is 6.79. The molecule has 0 aromatic heterocycles. The van der Waals surface area contributed by atoms with Crippen molar-refractivity contribution in [2.75, 3.05) is 13.1 Å². The summed E-state index contributed by atoms with van der Waals surface area (Å²) in [6.07, 6.45) is 7.47. The molecule has 3 heterocycles. The zero-order valence-electron chi connectivity index (χ0n) is 16.6. The van der Waals surface area contributed by atoms with Gasteiger partial charge in [0.05, 0.1) is 0 Å². The highest BCUT2D eigenvalue weighted by Crippen LogP contribution is 2.34. The molecule has 1 aromatic rings. The minimum atomic E-state index is -0.581. The summed E-state index contributed by atoms with van der Waals surface area (Å²) in [6, 6.07) is 4.05. The molecular formula is C24H27F2N3. The van der Waals surface area contributed by atoms with Gasteiger partial charge >= 0.3 is 0 Å². The van der Waals surface area contributed by atoms with E-state index in [1.807, 2.05) is 0 Å². The van der Waals surface area contributed by atoms with Gasteiger partial charge in [-0.05, 0) is 55.0 Å². The fourth-order valence-electron chi connectivity index (χ4n) is 4.33. The van der Waals surface area contributed by atoms with E-state index in [9.17, 15) is 8.78 Å². The normalized spacial score (nSPS) is 24.1. The van der Waals surface area contributed by atoms with Crippen LogP contribution < -0.4 is 10.6 Å². The van der Waals surface area contributed by atoms with Gasteiger partial charge in [-0.2, -0.15) is 0 Å². The van der Waals surface area contributed by atoms with Crippen LogP contribution in [-0.2, 0) is 6.54 Å². The summed E-state index contributed by atoms with van der Waals surface area (Å²) in [5.74, 6) is -0.434. The molecule has 0 amide bonds. The van der Waals surface area contributed by atoms with Gasteiger partial charge in [-0.1, -0.05) is 25.8 Å². The fourth-order valence-corrected chi connectivity index (χ4v) is 4.33. The summed E-state index contributed by atoms with van der Waals surface area (Å²) in [6.45, 7) is 14.8. The number of halogens is 2. The van der Waals surface area contributed by atoms with E-state index in [0.29, 0.717) is 23.2 Å². The molecule has 5 heteroatoms. The number of hydrogen-bond acceptors (Lipinski definition) is 3. The van der Waals surface area contributed by atoms with Crippen molar-refractivity contribution in [3.63, 3.8) is 0 Å². The fraction of sp³-hybridized carbons (Fsp3) is 0.333. The van der Waals surface area contributed by atoms with Crippen LogP contribution in [0.2, 0.25) is 0 Å². The molecule has 2 bridgehead atoms. The first-order chi connectivity index (χ1) is 13.9. The molecule has 3 aliphatic rings. The van der Waals surface area contributed by atoms with E-state index in [2.05, 4.69) is 47.5 Å². The molecule has 29 heavy (non-hydrogen) atoms. The van der Waals surface area contributed by atoms with Crippen molar-refractivity contribution >= 4 is 0 Å². The average molecular weight is 395 g/mol. The second kappa shape index (κ2) is 7.99. The summed E-state index contributed by atoms with van der Waals surface area (Å²) >= 11 is 0. The smallest absolute Gasteiger partial charge is 0.131 e. The Bertz CT molecular complexity index is 928. The number of hydrogen-bond donors (Lipinski definition) is 2. The molecule has 0 radical (unpaired) electrons. The predicted octanol–water partition coefficient (Wildman–Crippen LogP) is 4.54. The Morgan fingerprint density at radius 3 is 2.90 bits per heavy atom. The minimum absolute atomic E-state index is 0.227.